The van der Waals surface area contributed by atoms with E-state index in [1.165, 1.54) is 11.3 Å². The van der Waals surface area contributed by atoms with Gasteiger partial charge >= 0.3 is 0 Å². The van der Waals surface area contributed by atoms with Gasteiger partial charge in [-0.1, -0.05) is 46.6 Å². The van der Waals surface area contributed by atoms with E-state index in [-0.39, 0.29) is 12.1 Å². The molecule has 0 saturated carbocycles. The molecule has 0 radical (unpaired) electrons. The molecule has 0 aliphatic carbocycles. The van der Waals surface area contributed by atoms with Crippen molar-refractivity contribution in [1.82, 2.24) is 20.0 Å². The predicted molar refractivity (Wildman–Crippen MR) is 114 cm³/mol. The van der Waals surface area contributed by atoms with Crippen molar-refractivity contribution in [2.45, 2.75) is 13.0 Å². The molecule has 2 aromatic carbocycles. The third kappa shape index (κ3) is 4.45. The number of benzene rings is 2. The summed E-state index contributed by atoms with van der Waals surface area (Å²) in [5, 5.41) is 12.4. The number of hydrogen-bond donors (Lipinski definition) is 1. The van der Waals surface area contributed by atoms with Crippen LogP contribution in [-0.4, -0.2) is 25.9 Å². The van der Waals surface area contributed by atoms with Crippen LogP contribution in [0, 0.1) is 0 Å². The Kier molecular flexibility index (Phi) is 5.57. The minimum atomic E-state index is -0.415. The van der Waals surface area contributed by atoms with Crippen molar-refractivity contribution >= 4 is 56.5 Å². The second kappa shape index (κ2) is 8.28. The summed E-state index contributed by atoms with van der Waals surface area (Å²) in [7, 11) is 0. The van der Waals surface area contributed by atoms with Crippen LogP contribution < -0.4 is 10.9 Å². The molecule has 1 amide bonds. The molecule has 0 spiro atoms. The number of fused-ring (bicyclic) bond motifs is 1. The molecule has 0 aliphatic rings. The summed E-state index contributed by atoms with van der Waals surface area (Å²) in [6, 6.07) is 12.2. The highest BCUT2D eigenvalue weighted by Crippen LogP contribution is 2.26. The van der Waals surface area contributed by atoms with Crippen LogP contribution in [0.15, 0.2) is 53.5 Å². The van der Waals surface area contributed by atoms with Crippen LogP contribution in [0.25, 0.3) is 10.9 Å². The summed E-state index contributed by atoms with van der Waals surface area (Å²) in [6.45, 7) is -0.255. The minimum Gasteiger partial charge on any atom is -0.300 e. The first-order valence-corrected chi connectivity index (χ1v) is 10.1. The topological polar surface area (TPSA) is 89.8 Å². The molecule has 0 aliphatic heterocycles. The van der Waals surface area contributed by atoms with E-state index in [1.807, 2.05) is 6.07 Å². The number of carbonyl (C=O) groups is 1. The van der Waals surface area contributed by atoms with E-state index in [0.29, 0.717) is 32.5 Å². The summed E-state index contributed by atoms with van der Waals surface area (Å²) >= 11 is 13.4. The standard InChI is InChI=1S/C19H13Cl2N5O2S/c20-12-6-5-11(15(21)8-12)7-13-9-22-19(29-13)23-17(27)10-26-18(28)14-3-1-2-4-16(14)24-25-26/h1-6,8-9H,7,10H2,(H,22,23,27). The van der Waals surface area contributed by atoms with E-state index in [9.17, 15) is 9.59 Å². The van der Waals surface area contributed by atoms with Crippen molar-refractivity contribution in [3.63, 3.8) is 0 Å². The molecule has 4 rings (SSSR count). The van der Waals surface area contributed by atoms with Gasteiger partial charge in [0.15, 0.2) is 5.13 Å². The maximum absolute atomic E-state index is 12.4. The van der Waals surface area contributed by atoms with Crippen LogP contribution in [0.4, 0.5) is 5.13 Å². The van der Waals surface area contributed by atoms with E-state index < -0.39 is 5.91 Å². The lowest BCUT2D eigenvalue weighted by Gasteiger charge is -2.04. The SMILES string of the molecule is O=C(Cn1nnc2ccccc2c1=O)Nc1ncc(Cc2ccc(Cl)cc2Cl)s1. The fourth-order valence-electron chi connectivity index (χ4n) is 2.72. The van der Waals surface area contributed by atoms with Crippen molar-refractivity contribution in [2.75, 3.05) is 5.32 Å². The van der Waals surface area contributed by atoms with Crippen molar-refractivity contribution in [2.24, 2.45) is 0 Å². The van der Waals surface area contributed by atoms with Gasteiger partial charge in [-0.15, -0.1) is 16.4 Å². The lowest BCUT2D eigenvalue weighted by atomic mass is 10.1. The van der Waals surface area contributed by atoms with Gasteiger partial charge in [-0.25, -0.2) is 9.67 Å². The number of nitrogens with zero attached hydrogens (tertiary/aromatic N) is 4. The second-order valence-electron chi connectivity index (χ2n) is 6.16. The van der Waals surface area contributed by atoms with E-state index in [0.717, 1.165) is 15.1 Å². The number of amides is 1. The molecule has 2 heterocycles. The van der Waals surface area contributed by atoms with Gasteiger partial charge in [-0.05, 0) is 29.8 Å². The highest BCUT2D eigenvalue weighted by atomic mass is 35.5. The highest BCUT2D eigenvalue weighted by Gasteiger charge is 2.12. The molecule has 0 saturated heterocycles. The molecule has 10 heteroatoms. The van der Waals surface area contributed by atoms with Crippen molar-refractivity contribution in [1.29, 1.82) is 0 Å². The molecule has 0 bridgehead atoms. The van der Waals surface area contributed by atoms with Gasteiger partial charge < -0.3 is 5.32 Å². The molecule has 146 valence electrons. The van der Waals surface area contributed by atoms with Crippen LogP contribution in [0.1, 0.15) is 10.4 Å². The average molecular weight is 446 g/mol. The van der Waals surface area contributed by atoms with Crippen LogP contribution in [0.5, 0.6) is 0 Å². The summed E-state index contributed by atoms with van der Waals surface area (Å²) in [5.74, 6) is -0.415. The molecular weight excluding hydrogens is 433 g/mol. The Morgan fingerprint density at radius 1 is 1.17 bits per heavy atom. The number of thiazole rings is 1. The fraction of sp³-hybridized carbons (Fsp3) is 0.105. The number of halogens is 2. The smallest absolute Gasteiger partial charge is 0.278 e. The lowest BCUT2D eigenvalue weighted by molar-refractivity contribution is -0.117. The van der Waals surface area contributed by atoms with E-state index >= 15 is 0 Å². The van der Waals surface area contributed by atoms with Crippen LogP contribution in [0.2, 0.25) is 10.0 Å². The quantitative estimate of drug-likeness (QED) is 0.504. The van der Waals surface area contributed by atoms with Gasteiger partial charge in [0.2, 0.25) is 5.91 Å². The van der Waals surface area contributed by atoms with Gasteiger partial charge in [0.25, 0.3) is 5.56 Å². The Labute approximate surface area is 178 Å². The maximum Gasteiger partial charge on any atom is 0.278 e. The number of aromatic nitrogens is 4. The molecular formula is C19H13Cl2N5O2S. The highest BCUT2D eigenvalue weighted by molar-refractivity contribution is 7.15. The molecule has 4 aromatic rings. The summed E-state index contributed by atoms with van der Waals surface area (Å²) in [4.78, 5) is 29.9. The summed E-state index contributed by atoms with van der Waals surface area (Å²) in [5.41, 5.74) is 1.03. The van der Waals surface area contributed by atoms with Gasteiger partial charge in [0.05, 0.1) is 5.39 Å². The summed E-state index contributed by atoms with van der Waals surface area (Å²) < 4.78 is 1.03. The minimum absolute atomic E-state index is 0.255. The average Bonchev–Trinajstić information content (AvgIpc) is 3.13. The van der Waals surface area contributed by atoms with E-state index in [4.69, 9.17) is 23.2 Å². The monoisotopic (exact) mass is 445 g/mol. The predicted octanol–water partition coefficient (Wildman–Crippen LogP) is 3.78. The van der Waals surface area contributed by atoms with Gasteiger partial charge in [0.1, 0.15) is 12.1 Å². The zero-order chi connectivity index (χ0) is 20.4. The number of hydrogen-bond acceptors (Lipinski definition) is 6. The number of nitrogens with one attached hydrogen (secondary N) is 1. The molecule has 0 fully saturated rings. The molecule has 0 atom stereocenters. The number of carbonyl (C=O) groups excluding carboxylic acids is 1. The molecule has 2 aromatic heterocycles. The van der Waals surface area contributed by atoms with Crippen molar-refractivity contribution in [3.05, 3.63) is 79.5 Å². The Morgan fingerprint density at radius 2 is 2.00 bits per heavy atom. The fourth-order valence-corrected chi connectivity index (χ4v) is 4.05. The Balaban J connectivity index is 1.44. The normalized spacial score (nSPS) is 11.0. The first kappa shape index (κ1) is 19.5. The Morgan fingerprint density at radius 3 is 2.83 bits per heavy atom. The second-order valence-corrected chi connectivity index (χ2v) is 8.12. The van der Waals surface area contributed by atoms with Gasteiger partial charge in [-0.3, -0.25) is 9.59 Å². The molecule has 0 unspecified atom stereocenters. The van der Waals surface area contributed by atoms with Crippen LogP contribution in [0.3, 0.4) is 0 Å². The van der Waals surface area contributed by atoms with Crippen LogP contribution >= 0.6 is 34.5 Å². The van der Waals surface area contributed by atoms with E-state index in [2.05, 4.69) is 20.6 Å². The zero-order valence-corrected chi connectivity index (χ0v) is 17.1. The molecule has 7 nitrogen and oxygen atoms in total. The first-order chi connectivity index (χ1) is 14.0. The van der Waals surface area contributed by atoms with Crippen molar-refractivity contribution in [3.8, 4) is 0 Å². The summed E-state index contributed by atoms with van der Waals surface area (Å²) in [6.07, 6.45) is 2.24. The van der Waals surface area contributed by atoms with Crippen molar-refractivity contribution < 1.29 is 4.79 Å². The Hall–Kier alpha value is -2.81. The third-order valence-electron chi connectivity index (χ3n) is 4.10. The van der Waals surface area contributed by atoms with Gasteiger partial charge in [0, 0.05) is 27.5 Å². The lowest BCUT2D eigenvalue weighted by Crippen LogP contribution is -2.30. The van der Waals surface area contributed by atoms with Crippen LogP contribution in [-0.2, 0) is 17.8 Å². The molecule has 29 heavy (non-hydrogen) atoms. The third-order valence-corrected chi connectivity index (χ3v) is 5.60. The van der Waals surface area contributed by atoms with E-state index in [1.54, 1.807) is 42.6 Å². The maximum atomic E-state index is 12.4. The Bertz CT molecular complexity index is 1270. The molecule has 1 N–H and O–H groups in total. The van der Waals surface area contributed by atoms with Gasteiger partial charge in [-0.2, -0.15) is 0 Å². The number of rotatable bonds is 5. The number of anilines is 1. The first-order valence-electron chi connectivity index (χ1n) is 8.50. The zero-order valence-electron chi connectivity index (χ0n) is 14.8. The largest absolute Gasteiger partial charge is 0.300 e.